The van der Waals surface area contributed by atoms with Crippen LogP contribution in [0, 0.1) is 5.92 Å². The molecule has 0 radical (unpaired) electrons. The van der Waals surface area contributed by atoms with E-state index in [2.05, 4.69) is 5.32 Å². The van der Waals surface area contributed by atoms with E-state index in [0.717, 1.165) is 18.4 Å². The summed E-state index contributed by atoms with van der Waals surface area (Å²) in [5.41, 5.74) is 0.536. The Hall–Kier alpha value is -1.84. The minimum absolute atomic E-state index is 0.120. The summed E-state index contributed by atoms with van der Waals surface area (Å²) in [6.45, 7) is 5.98. The van der Waals surface area contributed by atoms with Gasteiger partial charge in [-0.25, -0.2) is 4.79 Å². The number of benzene rings is 1. The van der Waals surface area contributed by atoms with Crippen LogP contribution in [0.3, 0.4) is 0 Å². The lowest BCUT2D eigenvalue weighted by Gasteiger charge is -2.31. The van der Waals surface area contributed by atoms with Crippen LogP contribution in [-0.4, -0.2) is 24.0 Å². The quantitative estimate of drug-likeness (QED) is 0.927. The number of alkyl carbamates (subject to hydrolysis) is 1. The van der Waals surface area contributed by atoms with Gasteiger partial charge < -0.3 is 10.1 Å². The Balaban J connectivity index is 2.01. The fourth-order valence-corrected chi connectivity index (χ4v) is 2.99. The van der Waals surface area contributed by atoms with E-state index in [-0.39, 0.29) is 17.6 Å². The van der Waals surface area contributed by atoms with Crippen LogP contribution in [0.5, 0.6) is 0 Å². The first-order valence-corrected chi connectivity index (χ1v) is 7.91. The average molecular weight is 303 g/mol. The Morgan fingerprint density at radius 2 is 1.95 bits per heavy atom. The number of hydrogen-bond acceptors (Lipinski definition) is 3. The van der Waals surface area contributed by atoms with Gasteiger partial charge in [-0.05, 0) is 45.1 Å². The highest BCUT2D eigenvalue weighted by molar-refractivity contribution is 5.86. The van der Waals surface area contributed by atoms with Crippen molar-refractivity contribution in [1.82, 2.24) is 5.32 Å². The third-order valence-corrected chi connectivity index (χ3v) is 3.88. The number of amides is 1. The molecule has 1 aromatic carbocycles. The predicted octanol–water partition coefficient (Wildman–Crippen LogP) is 3.66. The highest BCUT2D eigenvalue weighted by atomic mass is 16.6. The van der Waals surface area contributed by atoms with Crippen molar-refractivity contribution in [3.05, 3.63) is 35.9 Å². The van der Waals surface area contributed by atoms with Gasteiger partial charge in [-0.1, -0.05) is 30.3 Å². The van der Waals surface area contributed by atoms with Gasteiger partial charge in [-0.2, -0.15) is 0 Å². The monoisotopic (exact) mass is 303 g/mol. The van der Waals surface area contributed by atoms with Crippen LogP contribution in [0.25, 0.3) is 0 Å². The van der Waals surface area contributed by atoms with Gasteiger partial charge >= 0.3 is 6.09 Å². The summed E-state index contributed by atoms with van der Waals surface area (Å²) in [7, 11) is 0. The van der Waals surface area contributed by atoms with Gasteiger partial charge in [-0.15, -0.1) is 0 Å². The number of carbonyl (C=O) groups excluding carboxylic acids is 2. The average Bonchev–Trinajstić information content (AvgIpc) is 2.44. The summed E-state index contributed by atoms with van der Waals surface area (Å²) in [4.78, 5) is 24.1. The number of hydrogen-bond donors (Lipinski definition) is 1. The van der Waals surface area contributed by atoms with E-state index < -0.39 is 11.7 Å². The molecule has 2 rings (SSSR count). The van der Waals surface area contributed by atoms with Crippen LogP contribution in [0.1, 0.15) is 51.5 Å². The van der Waals surface area contributed by atoms with Crippen LogP contribution >= 0.6 is 0 Å². The molecular weight excluding hydrogens is 278 g/mol. The van der Waals surface area contributed by atoms with E-state index in [1.165, 1.54) is 0 Å². The molecule has 1 amide bonds. The number of ether oxygens (including phenoxy) is 1. The van der Waals surface area contributed by atoms with E-state index in [1.807, 2.05) is 51.1 Å². The van der Waals surface area contributed by atoms with Crippen LogP contribution in [0.15, 0.2) is 30.3 Å². The van der Waals surface area contributed by atoms with Crippen LogP contribution in [0.2, 0.25) is 0 Å². The smallest absolute Gasteiger partial charge is 0.407 e. The number of Topliss-reactive ketones (excluding diaryl/α,β-unsaturated/α-hetero) is 1. The largest absolute Gasteiger partial charge is 0.444 e. The number of rotatable bonds is 3. The van der Waals surface area contributed by atoms with Crippen molar-refractivity contribution in [2.24, 2.45) is 5.92 Å². The third kappa shape index (κ3) is 4.58. The predicted molar refractivity (Wildman–Crippen MR) is 85.8 cm³/mol. The maximum atomic E-state index is 12.3. The Morgan fingerprint density at radius 1 is 1.27 bits per heavy atom. The molecule has 120 valence electrons. The molecule has 0 aliphatic heterocycles. The van der Waals surface area contributed by atoms with Crippen molar-refractivity contribution in [2.45, 2.75) is 51.6 Å². The number of ketones is 1. The van der Waals surface area contributed by atoms with E-state index in [0.29, 0.717) is 13.0 Å². The van der Waals surface area contributed by atoms with Crippen LogP contribution in [-0.2, 0) is 9.53 Å². The summed E-state index contributed by atoms with van der Waals surface area (Å²) in [6, 6.07) is 9.85. The molecule has 4 nitrogen and oxygen atoms in total. The summed E-state index contributed by atoms with van der Waals surface area (Å²) in [5.74, 6) is 0.287. The van der Waals surface area contributed by atoms with Crippen molar-refractivity contribution < 1.29 is 14.3 Å². The maximum absolute atomic E-state index is 12.3. The zero-order chi connectivity index (χ0) is 16.2. The molecule has 22 heavy (non-hydrogen) atoms. The molecule has 1 fully saturated rings. The summed E-state index contributed by atoms with van der Waals surface area (Å²) < 4.78 is 5.26. The van der Waals surface area contributed by atoms with E-state index in [1.54, 1.807) is 0 Å². The normalized spacial score (nSPS) is 22.2. The second-order valence-electron chi connectivity index (χ2n) is 6.89. The lowest BCUT2D eigenvalue weighted by molar-refractivity contribution is -0.123. The van der Waals surface area contributed by atoms with E-state index in [9.17, 15) is 9.59 Å². The Labute approximate surface area is 132 Å². The summed E-state index contributed by atoms with van der Waals surface area (Å²) in [6.07, 6.45) is 2.05. The minimum atomic E-state index is -0.509. The standard InChI is InChI=1S/C18H25NO3/c1-18(2,3)22-17(21)19-12-14-10-7-11-15(20)16(14)13-8-5-4-6-9-13/h4-6,8-9,14,16H,7,10-12H2,1-3H3,(H,19,21). The topological polar surface area (TPSA) is 55.4 Å². The molecule has 1 aliphatic carbocycles. The van der Waals surface area contributed by atoms with E-state index in [4.69, 9.17) is 4.74 Å². The fourth-order valence-electron chi connectivity index (χ4n) is 2.99. The molecular formula is C18H25NO3. The van der Waals surface area contributed by atoms with Crippen molar-refractivity contribution in [3.63, 3.8) is 0 Å². The summed E-state index contributed by atoms with van der Waals surface area (Å²) in [5, 5.41) is 2.82. The molecule has 1 N–H and O–H groups in total. The number of carbonyl (C=O) groups is 2. The molecule has 4 heteroatoms. The first-order chi connectivity index (χ1) is 10.4. The molecule has 1 aromatic rings. The van der Waals surface area contributed by atoms with Crippen molar-refractivity contribution in [2.75, 3.05) is 6.54 Å². The Morgan fingerprint density at radius 3 is 2.59 bits per heavy atom. The van der Waals surface area contributed by atoms with Gasteiger partial charge in [0, 0.05) is 18.9 Å². The first-order valence-electron chi connectivity index (χ1n) is 7.91. The second-order valence-corrected chi connectivity index (χ2v) is 6.89. The lowest BCUT2D eigenvalue weighted by Crippen LogP contribution is -2.39. The van der Waals surface area contributed by atoms with Gasteiger partial charge in [-0.3, -0.25) is 4.79 Å². The SMILES string of the molecule is CC(C)(C)OC(=O)NCC1CCCC(=O)C1c1ccccc1. The molecule has 0 spiro atoms. The molecule has 0 bridgehead atoms. The first kappa shape index (κ1) is 16.5. The zero-order valence-electron chi connectivity index (χ0n) is 13.6. The van der Waals surface area contributed by atoms with Crippen molar-refractivity contribution in [1.29, 1.82) is 0 Å². The number of nitrogens with one attached hydrogen (secondary N) is 1. The molecule has 0 heterocycles. The molecule has 0 aromatic heterocycles. The molecule has 1 saturated carbocycles. The Kier molecular flexibility index (Phi) is 5.22. The molecule has 1 aliphatic rings. The third-order valence-electron chi connectivity index (χ3n) is 3.88. The van der Waals surface area contributed by atoms with E-state index >= 15 is 0 Å². The van der Waals surface area contributed by atoms with Crippen molar-refractivity contribution >= 4 is 11.9 Å². The molecule has 2 unspecified atom stereocenters. The molecule has 2 atom stereocenters. The highest BCUT2D eigenvalue weighted by Gasteiger charge is 2.33. The van der Waals surface area contributed by atoms with Gasteiger partial charge in [0.15, 0.2) is 0 Å². The van der Waals surface area contributed by atoms with Crippen LogP contribution in [0.4, 0.5) is 4.79 Å². The van der Waals surface area contributed by atoms with Gasteiger partial charge in [0.1, 0.15) is 11.4 Å². The highest BCUT2D eigenvalue weighted by Crippen LogP contribution is 2.35. The zero-order valence-corrected chi connectivity index (χ0v) is 13.6. The maximum Gasteiger partial charge on any atom is 0.407 e. The summed E-state index contributed by atoms with van der Waals surface area (Å²) >= 11 is 0. The minimum Gasteiger partial charge on any atom is -0.444 e. The molecule has 0 saturated heterocycles. The van der Waals surface area contributed by atoms with Gasteiger partial charge in [0.05, 0.1) is 0 Å². The Bertz CT molecular complexity index is 519. The van der Waals surface area contributed by atoms with Gasteiger partial charge in [0.25, 0.3) is 0 Å². The van der Waals surface area contributed by atoms with Gasteiger partial charge in [0.2, 0.25) is 0 Å². The van der Waals surface area contributed by atoms with Crippen molar-refractivity contribution in [3.8, 4) is 0 Å². The lowest BCUT2D eigenvalue weighted by atomic mass is 9.74. The van der Waals surface area contributed by atoms with Crippen LogP contribution < -0.4 is 5.32 Å². The fraction of sp³-hybridized carbons (Fsp3) is 0.556. The second kappa shape index (κ2) is 6.95.